The Morgan fingerprint density at radius 1 is 1.33 bits per heavy atom. The van der Waals surface area contributed by atoms with E-state index < -0.39 is 0 Å². The lowest BCUT2D eigenvalue weighted by Gasteiger charge is -2.13. The van der Waals surface area contributed by atoms with Crippen LogP contribution in [-0.2, 0) is 13.0 Å². The molecular weight excluding hydrogens is 264 g/mol. The highest BCUT2D eigenvalue weighted by atomic mass is 16.2. The molecule has 110 valence electrons. The maximum absolute atomic E-state index is 12.0. The van der Waals surface area contributed by atoms with Gasteiger partial charge in [0.25, 0.3) is 0 Å². The van der Waals surface area contributed by atoms with E-state index in [1.54, 1.807) is 6.33 Å². The molecule has 0 bridgehead atoms. The molecule has 0 saturated heterocycles. The van der Waals surface area contributed by atoms with Gasteiger partial charge in [0.05, 0.1) is 12.4 Å². The number of anilines is 1. The van der Waals surface area contributed by atoms with Gasteiger partial charge >= 0.3 is 6.03 Å². The summed E-state index contributed by atoms with van der Waals surface area (Å²) in [6.07, 6.45) is 4.49. The van der Waals surface area contributed by atoms with E-state index in [0.717, 1.165) is 18.7 Å². The second-order valence-electron chi connectivity index (χ2n) is 5.81. The first kappa shape index (κ1) is 13.7. The van der Waals surface area contributed by atoms with Crippen LogP contribution in [0.1, 0.15) is 31.0 Å². The van der Waals surface area contributed by atoms with Crippen molar-refractivity contribution in [1.82, 2.24) is 14.9 Å². The molecule has 0 saturated carbocycles. The predicted molar refractivity (Wildman–Crippen MR) is 82.4 cm³/mol. The van der Waals surface area contributed by atoms with E-state index in [0.29, 0.717) is 5.92 Å². The lowest BCUT2D eigenvalue weighted by Crippen LogP contribution is -2.38. The maximum Gasteiger partial charge on any atom is 0.319 e. The summed E-state index contributed by atoms with van der Waals surface area (Å²) in [5, 5.41) is 5.88. The van der Waals surface area contributed by atoms with Crippen LogP contribution in [0.5, 0.6) is 0 Å². The van der Waals surface area contributed by atoms with Crippen molar-refractivity contribution in [2.45, 2.75) is 38.8 Å². The Morgan fingerprint density at radius 3 is 2.76 bits per heavy atom. The molecule has 21 heavy (non-hydrogen) atoms. The number of carbonyl (C=O) groups is 1. The fourth-order valence-electron chi connectivity index (χ4n) is 2.64. The van der Waals surface area contributed by atoms with Crippen molar-refractivity contribution in [3.8, 4) is 0 Å². The average molecular weight is 284 g/mol. The molecule has 3 rings (SSSR count). The fraction of sp³-hybridized carbons (Fsp3) is 0.375. The highest BCUT2D eigenvalue weighted by molar-refractivity contribution is 5.89. The normalized spacial score (nSPS) is 16.8. The smallest absolute Gasteiger partial charge is 0.319 e. The number of carbonyl (C=O) groups excluding carboxylic acids is 1. The standard InChI is InChI=1S/C16H20N4O/c1-11(2)12-3-5-13(6-4-12)18-16(21)19-14-7-15-8-17-10-20(15)9-14/h3-6,8,10-11,14H,7,9H2,1-2H3,(H2,18,19,21). The number of nitrogens with one attached hydrogen (secondary N) is 2. The van der Waals surface area contributed by atoms with Gasteiger partial charge in [-0.2, -0.15) is 0 Å². The summed E-state index contributed by atoms with van der Waals surface area (Å²) in [6.45, 7) is 5.09. The number of imidazole rings is 1. The molecule has 0 aliphatic carbocycles. The van der Waals surface area contributed by atoms with Crippen LogP contribution in [0.15, 0.2) is 36.8 Å². The van der Waals surface area contributed by atoms with Crippen LogP contribution in [0.4, 0.5) is 10.5 Å². The Labute approximate surface area is 124 Å². The molecule has 5 heteroatoms. The van der Waals surface area contributed by atoms with E-state index >= 15 is 0 Å². The van der Waals surface area contributed by atoms with E-state index in [2.05, 4.69) is 34.0 Å². The summed E-state index contributed by atoms with van der Waals surface area (Å²) >= 11 is 0. The van der Waals surface area contributed by atoms with Crippen molar-refractivity contribution in [2.75, 3.05) is 5.32 Å². The minimum Gasteiger partial charge on any atom is -0.333 e. The molecule has 0 fully saturated rings. The average Bonchev–Trinajstić information content (AvgIpc) is 3.00. The Morgan fingerprint density at radius 2 is 2.10 bits per heavy atom. The van der Waals surface area contributed by atoms with Crippen molar-refractivity contribution >= 4 is 11.7 Å². The van der Waals surface area contributed by atoms with Gasteiger partial charge in [-0.1, -0.05) is 26.0 Å². The predicted octanol–water partition coefficient (Wildman–Crippen LogP) is 2.75. The molecule has 1 aromatic heterocycles. The molecule has 2 amide bonds. The highest BCUT2D eigenvalue weighted by Crippen LogP contribution is 2.17. The highest BCUT2D eigenvalue weighted by Gasteiger charge is 2.22. The van der Waals surface area contributed by atoms with Gasteiger partial charge in [0, 0.05) is 30.5 Å². The lowest BCUT2D eigenvalue weighted by atomic mass is 10.0. The second-order valence-corrected chi connectivity index (χ2v) is 5.81. The molecule has 1 aliphatic rings. The Balaban J connectivity index is 1.54. The second kappa shape index (κ2) is 5.60. The molecule has 2 N–H and O–H groups in total. The first-order valence-corrected chi connectivity index (χ1v) is 7.28. The van der Waals surface area contributed by atoms with Crippen molar-refractivity contribution < 1.29 is 4.79 Å². The number of fused-ring (bicyclic) bond motifs is 1. The van der Waals surface area contributed by atoms with Crippen molar-refractivity contribution in [3.63, 3.8) is 0 Å². The SMILES string of the molecule is CC(C)c1ccc(NC(=O)NC2Cc3cncn3C2)cc1. The van der Waals surface area contributed by atoms with Gasteiger partial charge in [0.15, 0.2) is 0 Å². The molecule has 0 radical (unpaired) electrons. The molecule has 2 aromatic rings. The molecule has 5 nitrogen and oxygen atoms in total. The van der Waals surface area contributed by atoms with Gasteiger partial charge < -0.3 is 15.2 Å². The van der Waals surface area contributed by atoms with Crippen LogP contribution in [0.25, 0.3) is 0 Å². The van der Waals surface area contributed by atoms with Crippen LogP contribution in [0, 0.1) is 0 Å². The zero-order valence-corrected chi connectivity index (χ0v) is 12.3. The van der Waals surface area contributed by atoms with Crippen LogP contribution in [0.2, 0.25) is 0 Å². The quantitative estimate of drug-likeness (QED) is 0.910. The van der Waals surface area contributed by atoms with E-state index in [-0.39, 0.29) is 12.1 Å². The molecular formula is C16H20N4O. The van der Waals surface area contributed by atoms with Crippen LogP contribution in [-0.4, -0.2) is 21.6 Å². The van der Waals surface area contributed by atoms with Gasteiger partial charge in [-0.05, 0) is 23.6 Å². The van der Waals surface area contributed by atoms with E-state index in [1.165, 1.54) is 11.3 Å². The number of amides is 2. The summed E-state index contributed by atoms with van der Waals surface area (Å²) in [5.74, 6) is 0.495. The van der Waals surface area contributed by atoms with Gasteiger partial charge in [0.2, 0.25) is 0 Å². The summed E-state index contributed by atoms with van der Waals surface area (Å²) in [6, 6.07) is 7.96. The minimum absolute atomic E-state index is 0.137. The first-order chi connectivity index (χ1) is 10.1. The molecule has 1 atom stereocenters. The largest absolute Gasteiger partial charge is 0.333 e. The van der Waals surface area contributed by atoms with Gasteiger partial charge in [-0.25, -0.2) is 9.78 Å². The third kappa shape index (κ3) is 3.07. The van der Waals surface area contributed by atoms with Crippen molar-refractivity contribution in [2.24, 2.45) is 0 Å². The van der Waals surface area contributed by atoms with Crippen LogP contribution < -0.4 is 10.6 Å². The number of hydrogen-bond donors (Lipinski definition) is 2. The van der Waals surface area contributed by atoms with Crippen LogP contribution in [0.3, 0.4) is 0 Å². The topological polar surface area (TPSA) is 59.0 Å². The Bertz CT molecular complexity index is 609. The number of benzene rings is 1. The summed E-state index contributed by atoms with van der Waals surface area (Å²) < 4.78 is 2.07. The number of rotatable bonds is 3. The number of aromatic nitrogens is 2. The molecule has 2 heterocycles. The fourth-order valence-corrected chi connectivity index (χ4v) is 2.64. The first-order valence-electron chi connectivity index (χ1n) is 7.28. The number of nitrogens with zero attached hydrogens (tertiary/aromatic N) is 2. The lowest BCUT2D eigenvalue weighted by molar-refractivity contribution is 0.248. The summed E-state index contributed by atoms with van der Waals surface area (Å²) in [4.78, 5) is 16.1. The molecule has 0 spiro atoms. The van der Waals surface area contributed by atoms with E-state index in [1.807, 2.05) is 30.5 Å². The van der Waals surface area contributed by atoms with Gasteiger partial charge in [0.1, 0.15) is 0 Å². The van der Waals surface area contributed by atoms with Gasteiger partial charge in [-0.15, -0.1) is 0 Å². The molecule has 1 aromatic carbocycles. The third-order valence-electron chi connectivity index (χ3n) is 3.84. The van der Waals surface area contributed by atoms with E-state index in [9.17, 15) is 4.79 Å². The molecule has 1 unspecified atom stereocenters. The summed E-state index contributed by atoms with van der Waals surface area (Å²) in [5.41, 5.74) is 3.25. The minimum atomic E-state index is -0.156. The van der Waals surface area contributed by atoms with Crippen LogP contribution >= 0.6 is 0 Å². The Hall–Kier alpha value is -2.30. The Kier molecular flexibility index (Phi) is 3.64. The summed E-state index contributed by atoms with van der Waals surface area (Å²) in [7, 11) is 0. The monoisotopic (exact) mass is 284 g/mol. The van der Waals surface area contributed by atoms with E-state index in [4.69, 9.17) is 0 Å². The van der Waals surface area contributed by atoms with Gasteiger partial charge in [-0.3, -0.25) is 0 Å². The number of urea groups is 1. The third-order valence-corrected chi connectivity index (χ3v) is 3.84. The zero-order chi connectivity index (χ0) is 14.8. The van der Waals surface area contributed by atoms with Crippen molar-refractivity contribution in [3.05, 3.63) is 48.0 Å². The zero-order valence-electron chi connectivity index (χ0n) is 12.3. The molecule has 1 aliphatic heterocycles. The maximum atomic E-state index is 12.0. The van der Waals surface area contributed by atoms with Crippen molar-refractivity contribution in [1.29, 1.82) is 0 Å². The number of hydrogen-bond acceptors (Lipinski definition) is 2.